The van der Waals surface area contributed by atoms with E-state index in [0.29, 0.717) is 0 Å². The zero-order valence-electron chi connectivity index (χ0n) is 16.2. The third-order valence-corrected chi connectivity index (χ3v) is 5.26. The topological polar surface area (TPSA) is 49.4 Å². The summed E-state index contributed by atoms with van der Waals surface area (Å²) in [6.07, 6.45) is 29.2. The molecule has 0 saturated heterocycles. The average Bonchev–Trinajstić information content (AvgIpc) is 2.78. The van der Waals surface area contributed by atoms with E-state index in [9.17, 15) is 0 Å². The van der Waals surface area contributed by atoms with Crippen molar-refractivity contribution in [1.82, 2.24) is 0 Å². The average molecular weight is 371 g/mol. The van der Waals surface area contributed by atoms with Crippen LogP contribution < -0.4 is 0 Å². The van der Waals surface area contributed by atoms with E-state index in [4.69, 9.17) is 0 Å². The molecule has 4 aliphatic rings. The Morgan fingerprint density at radius 3 is 1.18 bits per heavy atom. The van der Waals surface area contributed by atoms with Crippen LogP contribution in [-0.4, -0.2) is 0 Å². The quantitative estimate of drug-likeness (QED) is 0.448. The highest BCUT2D eigenvalue weighted by Crippen LogP contribution is 2.31. The molecule has 0 aromatic rings. The molecule has 0 aliphatic heterocycles. The predicted molar refractivity (Wildman–Crippen MR) is 113 cm³/mol. The van der Waals surface area contributed by atoms with Crippen molar-refractivity contribution in [2.75, 3.05) is 0 Å². The molecule has 0 heterocycles. The van der Waals surface area contributed by atoms with Crippen LogP contribution in [-0.2, 0) is 0 Å². The molecule has 0 atom stereocenters. The second-order valence-corrected chi connectivity index (χ2v) is 7.35. The van der Waals surface area contributed by atoms with Crippen LogP contribution >= 0.6 is 0 Å². The number of azo groups is 2. The van der Waals surface area contributed by atoms with Crippen molar-refractivity contribution in [2.24, 2.45) is 20.5 Å². The Balaban J connectivity index is 1.37. The molecular weight excluding hydrogens is 344 g/mol. The van der Waals surface area contributed by atoms with Gasteiger partial charge in [-0.15, -0.1) is 0 Å². The minimum atomic E-state index is 0.952. The molecule has 0 fully saturated rings. The lowest BCUT2D eigenvalue weighted by Crippen LogP contribution is -1.99. The van der Waals surface area contributed by atoms with E-state index >= 15 is 0 Å². The third kappa shape index (κ3) is 5.10. The molecule has 0 aromatic carbocycles. The van der Waals surface area contributed by atoms with Crippen molar-refractivity contribution in [3.8, 4) is 0 Å². The van der Waals surface area contributed by atoms with Gasteiger partial charge < -0.3 is 0 Å². The van der Waals surface area contributed by atoms with E-state index in [2.05, 4.69) is 69.1 Å². The van der Waals surface area contributed by atoms with Gasteiger partial charge >= 0.3 is 0 Å². The zero-order valence-corrected chi connectivity index (χ0v) is 16.2. The molecule has 0 aromatic heterocycles. The Morgan fingerprint density at radius 1 is 0.429 bits per heavy atom. The predicted octanol–water partition coefficient (Wildman–Crippen LogP) is 7.57. The first-order valence-electron chi connectivity index (χ1n) is 10.2. The zero-order chi connectivity index (χ0) is 19.0. The van der Waals surface area contributed by atoms with E-state index in [1.165, 1.54) is 11.1 Å². The van der Waals surface area contributed by atoms with Crippen LogP contribution in [0.15, 0.2) is 115 Å². The van der Waals surface area contributed by atoms with Crippen LogP contribution in [0.1, 0.15) is 51.4 Å². The Morgan fingerprint density at radius 2 is 0.857 bits per heavy atom. The summed E-state index contributed by atoms with van der Waals surface area (Å²) < 4.78 is 0. The summed E-state index contributed by atoms with van der Waals surface area (Å²) in [4.78, 5) is 0. The smallest absolute Gasteiger partial charge is 0.0634 e. The van der Waals surface area contributed by atoms with Crippen LogP contribution in [0.2, 0.25) is 0 Å². The van der Waals surface area contributed by atoms with Gasteiger partial charge in [-0.1, -0.05) is 36.5 Å². The molecule has 0 N–H and O–H groups in total. The van der Waals surface area contributed by atoms with Crippen LogP contribution in [0.25, 0.3) is 0 Å². The Bertz CT molecular complexity index is 838. The lowest BCUT2D eigenvalue weighted by Gasteiger charge is -2.17. The van der Waals surface area contributed by atoms with Crippen molar-refractivity contribution in [3.05, 3.63) is 94.7 Å². The monoisotopic (exact) mass is 370 g/mol. The standard InChI is InChI=1S/C24H26N4/c1-3-7-21(8-4-1)25-27-23-15-11-19(12-16-23)20-13-17-24(18-14-20)28-26-22-9-5-2-6-10-22/h1-3,5,7,9,11,13,15,17H,4,6,8,10,12,14,16,18H2. The van der Waals surface area contributed by atoms with Gasteiger partial charge in [0.1, 0.15) is 0 Å². The van der Waals surface area contributed by atoms with E-state index < -0.39 is 0 Å². The highest BCUT2D eigenvalue weighted by atomic mass is 15.1. The van der Waals surface area contributed by atoms with Gasteiger partial charge in [0.2, 0.25) is 0 Å². The maximum absolute atomic E-state index is 4.44. The summed E-state index contributed by atoms with van der Waals surface area (Å²) >= 11 is 0. The summed E-state index contributed by atoms with van der Waals surface area (Å²) in [5.74, 6) is 0. The number of hydrogen-bond donors (Lipinski definition) is 0. The number of nitrogens with zero attached hydrogens (tertiary/aromatic N) is 4. The fraction of sp³-hybridized carbons (Fsp3) is 0.333. The molecule has 4 nitrogen and oxygen atoms in total. The lowest BCUT2D eigenvalue weighted by atomic mass is 9.90. The molecule has 0 radical (unpaired) electrons. The van der Waals surface area contributed by atoms with Crippen molar-refractivity contribution in [3.63, 3.8) is 0 Å². The third-order valence-electron chi connectivity index (χ3n) is 5.26. The minimum Gasteiger partial charge on any atom is -0.155 e. The highest BCUT2D eigenvalue weighted by molar-refractivity contribution is 5.42. The molecule has 0 bridgehead atoms. The number of allylic oxidation sites excluding steroid dienone is 16. The molecule has 4 heteroatoms. The SMILES string of the molecule is C1=CCCC(N=NC2=CC=C(C3=CC=C(N=NC4=CC=CCC4)CC3)CC2)=C1. The molecule has 4 aliphatic carbocycles. The maximum atomic E-state index is 4.44. The van der Waals surface area contributed by atoms with E-state index in [-0.39, 0.29) is 0 Å². The summed E-state index contributed by atoms with van der Waals surface area (Å²) in [7, 11) is 0. The van der Waals surface area contributed by atoms with Crippen LogP contribution in [0.5, 0.6) is 0 Å². The van der Waals surface area contributed by atoms with Gasteiger partial charge in [0.15, 0.2) is 0 Å². The Hall–Kier alpha value is -2.88. The van der Waals surface area contributed by atoms with E-state index in [1.54, 1.807) is 0 Å². The van der Waals surface area contributed by atoms with Gasteiger partial charge in [0, 0.05) is 0 Å². The molecule has 4 rings (SSSR count). The van der Waals surface area contributed by atoms with Crippen LogP contribution in [0.4, 0.5) is 0 Å². The van der Waals surface area contributed by atoms with Gasteiger partial charge in [-0.3, -0.25) is 0 Å². The first kappa shape index (κ1) is 18.5. The fourth-order valence-corrected chi connectivity index (χ4v) is 3.56. The van der Waals surface area contributed by atoms with Gasteiger partial charge in [0.05, 0.1) is 22.8 Å². The van der Waals surface area contributed by atoms with E-state index in [1.807, 2.05) is 12.2 Å². The van der Waals surface area contributed by atoms with Gasteiger partial charge in [-0.05, 0) is 86.8 Å². The van der Waals surface area contributed by atoms with Crippen LogP contribution in [0, 0.1) is 0 Å². The molecule has 0 unspecified atom stereocenters. The minimum absolute atomic E-state index is 0.952. The van der Waals surface area contributed by atoms with Gasteiger partial charge in [-0.25, -0.2) is 0 Å². The van der Waals surface area contributed by atoms with Gasteiger partial charge in [0.25, 0.3) is 0 Å². The number of rotatable bonds is 5. The van der Waals surface area contributed by atoms with E-state index in [0.717, 1.165) is 74.2 Å². The summed E-state index contributed by atoms with van der Waals surface area (Å²) in [6.45, 7) is 0. The lowest BCUT2D eigenvalue weighted by molar-refractivity contribution is 0.808. The second-order valence-electron chi connectivity index (χ2n) is 7.35. The molecule has 28 heavy (non-hydrogen) atoms. The van der Waals surface area contributed by atoms with Crippen molar-refractivity contribution in [1.29, 1.82) is 0 Å². The summed E-state index contributed by atoms with van der Waals surface area (Å²) in [6, 6.07) is 0. The molecule has 0 amide bonds. The first-order chi connectivity index (χ1) is 13.9. The van der Waals surface area contributed by atoms with Crippen molar-refractivity contribution in [2.45, 2.75) is 51.4 Å². The Labute approximate surface area is 166 Å². The maximum Gasteiger partial charge on any atom is 0.0634 e. The number of hydrogen-bond acceptors (Lipinski definition) is 4. The first-order valence-corrected chi connectivity index (χ1v) is 10.2. The van der Waals surface area contributed by atoms with Gasteiger partial charge in [-0.2, -0.15) is 20.5 Å². The Kier molecular flexibility index (Phi) is 6.18. The summed E-state index contributed by atoms with van der Waals surface area (Å²) in [5.41, 5.74) is 7.09. The van der Waals surface area contributed by atoms with Crippen molar-refractivity contribution < 1.29 is 0 Å². The largest absolute Gasteiger partial charge is 0.155 e. The fourth-order valence-electron chi connectivity index (χ4n) is 3.56. The normalized spacial score (nSPS) is 22.6. The molecular formula is C24H26N4. The second kappa shape index (κ2) is 9.36. The molecule has 0 saturated carbocycles. The highest BCUT2D eigenvalue weighted by Gasteiger charge is 2.13. The summed E-state index contributed by atoms with van der Waals surface area (Å²) in [5, 5.41) is 17.7. The van der Waals surface area contributed by atoms with Crippen LogP contribution in [0.3, 0.4) is 0 Å². The molecule has 142 valence electrons. The van der Waals surface area contributed by atoms with Crippen molar-refractivity contribution >= 4 is 0 Å². The molecule has 0 spiro atoms.